The zero-order chi connectivity index (χ0) is 23.2. The van der Waals surface area contributed by atoms with Crippen molar-refractivity contribution in [2.45, 2.75) is 41.2 Å². The molecule has 0 saturated heterocycles. The molecule has 7 nitrogen and oxygen atoms in total. The topological polar surface area (TPSA) is 121 Å². The van der Waals surface area contributed by atoms with E-state index in [9.17, 15) is 21.6 Å². The third kappa shape index (κ3) is 5.96. The molecule has 0 heterocycles. The molecule has 1 aliphatic carbocycles. The molecule has 2 aromatic carbocycles. The maximum atomic E-state index is 13.0. The van der Waals surface area contributed by atoms with E-state index in [0.29, 0.717) is 18.4 Å². The van der Waals surface area contributed by atoms with Crippen LogP contribution in [-0.2, 0) is 30.2 Å². The Hall–Kier alpha value is -2.70. The number of amides is 1. The first kappa shape index (κ1) is 24.0. The predicted molar refractivity (Wildman–Crippen MR) is 120 cm³/mol. The molecule has 1 saturated carbocycles. The average molecular weight is 475 g/mol. The van der Waals surface area contributed by atoms with Gasteiger partial charge in [-0.1, -0.05) is 43.2 Å². The molecule has 9 heteroatoms. The quantitative estimate of drug-likeness (QED) is 0.587. The van der Waals surface area contributed by atoms with Crippen LogP contribution in [0.1, 0.15) is 31.2 Å². The minimum absolute atomic E-state index is 0.0951. The molecule has 170 valence electrons. The number of sulfone groups is 2. The fourth-order valence-electron chi connectivity index (χ4n) is 4.11. The van der Waals surface area contributed by atoms with Gasteiger partial charge in [0.1, 0.15) is 6.54 Å². The van der Waals surface area contributed by atoms with Crippen LogP contribution >= 0.6 is 0 Å². The Morgan fingerprint density at radius 3 is 2.19 bits per heavy atom. The molecule has 1 aliphatic rings. The van der Waals surface area contributed by atoms with E-state index in [4.69, 9.17) is 5.26 Å². The molecular formula is C23H26N2O5S2. The van der Waals surface area contributed by atoms with Crippen LogP contribution in [-0.4, -0.2) is 35.0 Å². The Kier molecular flexibility index (Phi) is 7.69. The molecule has 0 radical (unpaired) electrons. The number of hydrogen-bond donors (Lipinski definition) is 1. The molecule has 0 aliphatic heterocycles. The standard InChI is InChI=1S/C23H26N2O5S2/c24-14-15-25-23(26)22-9-5-4-6-19(22)17-32(29,30)21-12-10-18(11-13-21)16-31(27,28)20-7-2-1-3-8-20/h1-3,7-8,10-13,19,22H,4-6,9,15-17H2,(H,25,26)/t19-,22+/m0/s1. The number of nitrogens with zero attached hydrogens (tertiary/aromatic N) is 1. The van der Waals surface area contributed by atoms with Gasteiger partial charge in [-0.05, 0) is 48.6 Å². The first-order valence-corrected chi connectivity index (χ1v) is 13.8. The summed E-state index contributed by atoms with van der Waals surface area (Å²) in [5.41, 5.74) is 0.499. The molecule has 2 aromatic rings. The first-order chi connectivity index (χ1) is 15.2. The Balaban J connectivity index is 1.72. The van der Waals surface area contributed by atoms with Crippen molar-refractivity contribution in [1.82, 2.24) is 5.32 Å². The van der Waals surface area contributed by atoms with Gasteiger partial charge in [-0.3, -0.25) is 4.79 Å². The van der Waals surface area contributed by atoms with Crippen LogP contribution in [0, 0.1) is 23.2 Å². The van der Waals surface area contributed by atoms with Crippen molar-refractivity contribution in [3.8, 4) is 6.07 Å². The van der Waals surface area contributed by atoms with Gasteiger partial charge in [0.05, 0.1) is 27.4 Å². The van der Waals surface area contributed by atoms with Crippen molar-refractivity contribution >= 4 is 25.6 Å². The lowest BCUT2D eigenvalue weighted by molar-refractivity contribution is -0.127. The minimum Gasteiger partial charge on any atom is -0.343 e. The highest BCUT2D eigenvalue weighted by molar-refractivity contribution is 7.91. The van der Waals surface area contributed by atoms with Crippen LogP contribution < -0.4 is 5.32 Å². The van der Waals surface area contributed by atoms with Crippen molar-refractivity contribution in [2.75, 3.05) is 12.3 Å². The van der Waals surface area contributed by atoms with Crippen LogP contribution in [0.15, 0.2) is 64.4 Å². The molecule has 3 rings (SSSR count). The van der Waals surface area contributed by atoms with Crippen LogP contribution in [0.2, 0.25) is 0 Å². The SMILES string of the molecule is N#CCNC(=O)[C@@H]1CCCC[C@H]1CS(=O)(=O)c1ccc(CS(=O)(=O)c2ccccc2)cc1. The second kappa shape index (κ2) is 10.3. The highest BCUT2D eigenvalue weighted by atomic mass is 32.2. The van der Waals surface area contributed by atoms with Gasteiger partial charge < -0.3 is 5.32 Å². The van der Waals surface area contributed by atoms with Crippen molar-refractivity contribution in [3.05, 3.63) is 60.2 Å². The molecule has 2 atom stereocenters. The van der Waals surface area contributed by atoms with Gasteiger partial charge in [0.2, 0.25) is 5.91 Å². The fraction of sp³-hybridized carbons (Fsp3) is 0.391. The second-order valence-electron chi connectivity index (χ2n) is 8.02. The van der Waals surface area contributed by atoms with Gasteiger partial charge >= 0.3 is 0 Å². The molecule has 1 amide bonds. The van der Waals surface area contributed by atoms with Gasteiger partial charge in [-0.2, -0.15) is 5.26 Å². The maximum absolute atomic E-state index is 13.0. The summed E-state index contributed by atoms with van der Waals surface area (Å²) in [6.45, 7) is -0.0951. The van der Waals surface area contributed by atoms with E-state index in [1.165, 1.54) is 36.4 Å². The van der Waals surface area contributed by atoms with E-state index in [1.54, 1.807) is 18.2 Å². The van der Waals surface area contributed by atoms with E-state index in [0.717, 1.165) is 12.8 Å². The maximum Gasteiger partial charge on any atom is 0.224 e. The van der Waals surface area contributed by atoms with Crippen molar-refractivity contribution in [1.29, 1.82) is 5.26 Å². The summed E-state index contributed by atoms with van der Waals surface area (Å²) in [5.74, 6) is -1.39. The Morgan fingerprint density at radius 1 is 0.906 bits per heavy atom. The highest BCUT2D eigenvalue weighted by Gasteiger charge is 2.34. The molecule has 0 bridgehead atoms. The summed E-state index contributed by atoms with van der Waals surface area (Å²) in [6.07, 6.45) is 2.95. The second-order valence-corrected chi connectivity index (χ2v) is 12.0. The molecule has 0 spiro atoms. The molecular weight excluding hydrogens is 448 g/mol. The van der Waals surface area contributed by atoms with E-state index in [2.05, 4.69) is 5.32 Å². The Morgan fingerprint density at radius 2 is 1.53 bits per heavy atom. The zero-order valence-corrected chi connectivity index (χ0v) is 19.2. The fourth-order valence-corrected chi connectivity index (χ4v) is 7.19. The summed E-state index contributed by atoms with van der Waals surface area (Å²) >= 11 is 0. The summed E-state index contributed by atoms with van der Waals surface area (Å²) in [5, 5.41) is 11.2. The molecule has 0 unspecified atom stereocenters. The Labute approximate surface area is 189 Å². The van der Waals surface area contributed by atoms with E-state index < -0.39 is 25.6 Å². The van der Waals surface area contributed by atoms with Gasteiger partial charge in [-0.25, -0.2) is 16.8 Å². The minimum atomic E-state index is -3.65. The monoisotopic (exact) mass is 474 g/mol. The summed E-state index contributed by atoms with van der Waals surface area (Å²) in [4.78, 5) is 12.7. The first-order valence-electron chi connectivity index (χ1n) is 10.5. The van der Waals surface area contributed by atoms with E-state index in [-0.39, 0.29) is 39.7 Å². The number of carbonyl (C=O) groups is 1. The lowest BCUT2D eigenvalue weighted by Crippen LogP contribution is -2.39. The number of nitrogens with one attached hydrogen (secondary N) is 1. The number of rotatable bonds is 8. The normalized spacial score (nSPS) is 19.1. The van der Waals surface area contributed by atoms with Gasteiger partial charge in [0.15, 0.2) is 19.7 Å². The van der Waals surface area contributed by atoms with Gasteiger partial charge in [0.25, 0.3) is 0 Å². The van der Waals surface area contributed by atoms with E-state index >= 15 is 0 Å². The number of nitriles is 1. The highest BCUT2D eigenvalue weighted by Crippen LogP contribution is 2.33. The van der Waals surface area contributed by atoms with Gasteiger partial charge in [0, 0.05) is 5.92 Å². The molecule has 32 heavy (non-hydrogen) atoms. The van der Waals surface area contributed by atoms with Gasteiger partial charge in [-0.15, -0.1) is 0 Å². The summed E-state index contributed by atoms with van der Waals surface area (Å²) in [6, 6.07) is 15.9. The Bertz CT molecular complexity index is 1190. The molecule has 1 fully saturated rings. The van der Waals surface area contributed by atoms with Crippen molar-refractivity contribution < 1.29 is 21.6 Å². The van der Waals surface area contributed by atoms with E-state index in [1.807, 2.05) is 6.07 Å². The zero-order valence-electron chi connectivity index (χ0n) is 17.6. The summed E-state index contributed by atoms with van der Waals surface area (Å²) in [7, 11) is -7.18. The van der Waals surface area contributed by atoms with Crippen LogP contribution in [0.4, 0.5) is 0 Å². The van der Waals surface area contributed by atoms with Crippen LogP contribution in [0.25, 0.3) is 0 Å². The van der Waals surface area contributed by atoms with Crippen molar-refractivity contribution in [2.24, 2.45) is 11.8 Å². The average Bonchev–Trinajstić information content (AvgIpc) is 2.78. The largest absolute Gasteiger partial charge is 0.343 e. The number of carbonyl (C=O) groups excluding carboxylic acids is 1. The number of benzene rings is 2. The lowest BCUT2D eigenvalue weighted by Gasteiger charge is -2.30. The van der Waals surface area contributed by atoms with Crippen LogP contribution in [0.5, 0.6) is 0 Å². The smallest absolute Gasteiger partial charge is 0.224 e. The lowest BCUT2D eigenvalue weighted by atomic mass is 9.80. The van der Waals surface area contributed by atoms with Crippen molar-refractivity contribution in [3.63, 3.8) is 0 Å². The third-order valence-electron chi connectivity index (χ3n) is 5.76. The molecule has 1 N–H and O–H groups in total. The number of hydrogen-bond acceptors (Lipinski definition) is 6. The van der Waals surface area contributed by atoms with Crippen LogP contribution in [0.3, 0.4) is 0 Å². The third-order valence-corrected chi connectivity index (χ3v) is 9.32. The predicted octanol–water partition coefficient (Wildman–Crippen LogP) is 2.88. The molecule has 0 aromatic heterocycles. The summed E-state index contributed by atoms with van der Waals surface area (Å²) < 4.78 is 51.1.